The summed E-state index contributed by atoms with van der Waals surface area (Å²) in [5.74, 6) is -0.198. The molecule has 1 fully saturated rings. The van der Waals surface area contributed by atoms with Gasteiger partial charge in [-0.1, -0.05) is 0 Å². The van der Waals surface area contributed by atoms with Crippen LogP contribution >= 0.6 is 0 Å². The summed E-state index contributed by atoms with van der Waals surface area (Å²) in [6, 6.07) is 0. The number of hydrogen-bond acceptors (Lipinski definition) is 3. The third kappa shape index (κ3) is 1.24. The smallest absolute Gasteiger partial charge is 0.143 e. The van der Waals surface area contributed by atoms with Crippen molar-refractivity contribution in [3.8, 4) is 0 Å². The van der Waals surface area contributed by atoms with Gasteiger partial charge in [0.1, 0.15) is 11.6 Å². The number of hydrogen-bond donors (Lipinski definition) is 1. The lowest BCUT2D eigenvalue weighted by Gasteiger charge is -2.01. The van der Waals surface area contributed by atoms with Gasteiger partial charge >= 0.3 is 0 Å². The summed E-state index contributed by atoms with van der Waals surface area (Å²) in [6.07, 6.45) is 1.41. The molecule has 0 heterocycles. The lowest BCUT2D eigenvalue weighted by molar-refractivity contribution is -0.127. The van der Waals surface area contributed by atoms with Gasteiger partial charge in [0.15, 0.2) is 0 Å². The van der Waals surface area contributed by atoms with E-state index < -0.39 is 0 Å². The van der Waals surface area contributed by atoms with Crippen LogP contribution in [0.4, 0.5) is 0 Å². The van der Waals surface area contributed by atoms with Gasteiger partial charge in [-0.05, 0) is 13.0 Å². The molecule has 1 saturated carbocycles. The molecule has 0 aromatic heterocycles. The quantitative estimate of drug-likeness (QED) is 0.545. The second-order valence-electron chi connectivity index (χ2n) is 2.56. The molecule has 0 aromatic rings. The summed E-state index contributed by atoms with van der Waals surface area (Å²) in [6.45, 7) is 0.433. The van der Waals surface area contributed by atoms with Gasteiger partial charge < -0.3 is 5.73 Å². The Morgan fingerprint density at radius 3 is 2.20 bits per heavy atom. The van der Waals surface area contributed by atoms with Crippen molar-refractivity contribution in [2.24, 2.45) is 11.7 Å². The van der Waals surface area contributed by atoms with Crippen LogP contribution in [0.2, 0.25) is 0 Å². The summed E-state index contributed by atoms with van der Waals surface area (Å²) < 4.78 is 0. The van der Waals surface area contributed by atoms with E-state index in [0.29, 0.717) is 25.8 Å². The second kappa shape index (κ2) is 2.92. The number of rotatable bonds is 2. The van der Waals surface area contributed by atoms with Gasteiger partial charge in [-0.15, -0.1) is 0 Å². The zero-order valence-corrected chi connectivity index (χ0v) is 5.80. The third-order valence-corrected chi connectivity index (χ3v) is 1.85. The summed E-state index contributed by atoms with van der Waals surface area (Å²) in [7, 11) is 0. The van der Waals surface area contributed by atoms with Crippen LogP contribution < -0.4 is 5.73 Å². The number of carbonyl (C=O) groups is 2. The van der Waals surface area contributed by atoms with Crippen LogP contribution in [0.3, 0.4) is 0 Å². The van der Waals surface area contributed by atoms with E-state index in [0.717, 1.165) is 0 Å². The first kappa shape index (κ1) is 7.41. The molecule has 0 saturated heterocycles. The van der Waals surface area contributed by atoms with Crippen LogP contribution in [-0.2, 0) is 9.59 Å². The molecule has 3 heteroatoms. The van der Waals surface area contributed by atoms with Crippen molar-refractivity contribution in [1.29, 1.82) is 0 Å². The highest BCUT2D eigenvalue weighted by molar-refractivity contribution is 6.08. The van der Waals surface area contributed by atoms with Crippen molar-refractivity contribution in [2.75, 3.05) is 6.54 Å². The molecular weight excluding hydrogens is 130 g/mol. The Labute approximate surface area is 59.6 Å². The van der Waals surface area contributed by atoms with Gasteiger partial charge in [0.25, 0.3) is 0 Å². The van der Waals surface area contributed by atoms with Crippen molar-refractivity contribution < 1.29 is 9.59 Å². The average Bonchev–Trinajstić information content (AvgIpc) is 2.20. The molecule has 0 bridgehead atoms. The third-order valence-electron chi connectivity index (χ3n) is 1.85. The standard InChI is InChI=1S/C7H11NO2/c8-4-3-5-6(9)1-2-7(5)10/h5H,1-4,8H2. The fourth-order valence-corrected chi connectivity index (χ4v) is 1.26. The van der Waals surface area contributed by atoms with E-state index in [9.17, 15) is 9.59 Å². The normalized spacial score (nSPS) is 20.5. The number of ketones is 2. The van der Waals surface area contributed by atoms with Gasteiger partial charge in [0.05, 0.1) is 5.92 Å². The van der Waals surface area contributed by atoms with Gasteiger partial charge in [0, 0.05) is 12.8 Å². The number of Topliss-reactive ketones (excluding diaryl/α,β-unsaturated/α-hetero) is 2. The van der Waals surface area contributed by atoms with Gasteiger partial charge in [-0.2, -0.15) is 0 Å². The number of nitrogens with two attached hydrogens (primary N) is 1. The van der Waals surface area contributed by atoms with E-state index in [1.807, 2.05) is 0 Å². The van der Waals surface area contributed by atoms with Crippen molar-refractivity contribution in [3.63, 3.8) is 0 Å². The molecule has 0 aliphatic heterocycles. The van der Waals surface area contributed by atoms with Crippen LogP contribution in [-0.4, -0.2) is 18.1 Å². The Balaban J connectivity index is 2.54. The predicted molar refractivity (Wildman–Crippen MR) is 36.4 cm³/mol. The Morgan fingerprint density at radius 2 is 1.80 bits per heavy atom. The van der Waals surface area contributed by atoms with Crippen LogP contribution in [0.15, 0.2) is 0 Å². The molecule has 2 N–H and O–H groups in total. The second-order valence-corrected chi connectivity index (χ2v) is 2.56. The minimum Gasteiger partial charge on any atom is -0.330 e. The zero-order valence-electron chi connectivity index (χ0n) is 5.80. The lowest BCUT2D eigenvalue weighted by Crippen LogP contribution is -2.18. The maximum absolute atomic E-state index is 10.9. The minimum atomic E-state index is -0.356. The topological polar surface area (TPSA) is 60.2 Å². The van der Waals surface area contributed by atoms with Crippen LogP contribution in [0.25, 0.3) is 0 Å². The lowest BCUT2D eigenvalue weighted by atomic mass is 10.0. The molecule has 0 radical (unpaired) electrons. The molecule has 3 nitrogen and oxygen atoms in total. The molecule has 0 amide bonds. The monoisotopic (exact) mass is 141 g/mol. The highest BCUT2D eigenvalue weighted by Crippen LogP contribution is 2.19. The molecule has 1 aliphatic carbocycles. The van der Waals surface area contributed by atoms with E-state index in [1.54, 1.807) is 0 Å². The van der Waals surface area contributed by atoms with Gasteiger partial charge in [0.2, 0.25) is 0 Å². The first-order chi connectivity index (χ1) is 4.75. The Kier molecular flexibility index (Phi) is 2.17. The molecule has 0 unspecified atom stereocenters. The molecule has 10 heavy (non-hydrogen) atoms. The predicted octanol–water partition coefficient (Wildman–Crippen LogP) is -0.117. The fraction of sp³-hybridized carbons (Fsp3) is 0.714. The maximum atomic E-state index is 10.9. The molecule has 1 rings (SSSR count). The SMILES string of the molecule is NCCC1C(=O)CCC1=O. The van der Waals surface area contributed by atoms with Crippen molar-refractivity contribution in [2.45, 2.75) is 19.3 Å². The van der Waals surface area contributed by atoms with Crippen molar-refractivity contribution in [1.82, 2.24) is 0 Å². The highest BCUT2D eigenvalue weighted by atomic mass is 16.2. The van der Waals surface area contributed by atoms with Crippen LogP contribution in [0, 0.1) is 5.92 Å². The maximum Gasteiger partial charge on any atom is 0.143 e. The molecular formula is C7H11NO2. The molecule has 0 atom stereocenters. The zero-order chi connectivity index (χ0) is 7.56. The van der Waals surface area contributed by atoms with E-state index in [4.69, 9.17) is 5.73 Å². The highest BCUT2D eigenvalue weighted by Gasteiger charge is 2.31. The van der Waals surface area contributed by atoms with Gasteiger partial charge in [-0.25, -0.2) is 0 Å². The van der Waals surface area contributed by atoms with E-state index >= 15 is 0 Å². The van der Waals surface area contributed by atoms with Crippen molar-refractivity contribution in [3.05, 3.63) is 0 Å². The first-order valence-electron chi connectivity index (χ1n) is 3.51. The number of carbonyl (C=O) groups excluding carboxylic acids is 2. The Hall–Kier alpha value is -0.700. The van der Waals surface area contributed by atoms with E-state index in [2.05, 4.69) is 0 Å². The summed E-state index contributed by atoms with van der Waals surface area (Å²) in [5.41, 5.74) is 5.23. The fourth-order valence-electron chi connectivity index (χ4n) is 1.26. The Morgan fingerprint density at radius 1 is 1.30 bits per heavy atom. The van der Waals surface area contributed by atoms with Crippen molar-refractivity contribution >= 4 is 11.6 Å². The van der Waals surface area contributed by atoms with Crippen LogP contribution in [0.5, 0.6) is 0 Å². The Bertz CT molecular complexity index is 149. The van der Waals surface area contributed by atoms with Crippen LogP contribution in [0.1, 0.15) is 19.3 Å². The van der Waals surface area contributed by atoms with Gasteiger partial charge in [-0.3, -0.25) is 9.59 Å². The molecule has 0 spiro atoms. The molecule has 0 aromatic carbocycles. The minimum absolute atomic E-state index is 0.0791. The van der Waals surface area contributed by atoms with E-state index in [-0.39, 0.29) is 17.5 Å². The first-order valence-corrected chi connectivity index (χ1v) is 3.51. The summed E-state index contributed by atoms with van der Waals surface area (Å²) in [5, 5.41) is 0. The molecule has 1 aliphatic rings. The molecule has 56 valence electrons. The van der Waals surface area contributed by atoms with E-state index in [1.165, 1.54) is 0 Å². The average molecular weight is 141 g/mol. The largest absolute Gasteiger partial charge is 0.330 e. The summed E-state index contributed by atoms with van der Waals surface area (Å²) >= 11 is 0. The summed E-state index contributed by atoms with van der Waals surface area (Å²) in [4.78, 5) is 21.8.